The molecule has 1 aromatic carbocycles. The topological polar surface area (TPSA) is 63.0 Å². The Kier molecular flexibility index (Phi) is 6.35. The number of nitrogens with zero attached hydrogens (tertiary/aromatic N) is 2. The maximum Gasteiger partial charge on any atom is 0.254 e. The van der Waals surface area contributed by atoms with Crippen LogP contribution in [0.2, 0.25) is 0 Å². The third-order valence-corrected chi connectivity index (χ3v) is 5.85. The molecule has 0 N–H and O–H groups in total. The van der Waals surface area contributed by atoms with Crippen LogP contribution in [0.4, 0.5) is 0 Å². The van der Waals surface area contributed by atoms with Crippen molar-refractivity contribution in [2.24, 2.45) is 0 Å². The summed E-state index contributed by atoms with van der Waals surface area (Å²) in [4.78, 5) is 29.8. The van der Waals surface area contributed by atoms with E-state index in [9.17, 15) is 9.59 Å². The molecule has 1 unspecified atom stereocenters. The predicted molar refractivity (Wildman–Crippen MR) is 111 cm³/mol. The number of amides is 2. The van der Waals surface area contributed by atoms with Gasteiger partial charge >= 0.3 is 0 Å². The van der Waals surface area contributed by atoms with Crippen LogP contribution in [0.15, 0.2) is 51.6 Å². The molecule has 0 radical (unpaired) electrons. The predicted octanol–water partition coefficient (Wildman–Crippen LogP) is 3.85. The molecule has 154 valence electrons. The zero-order valence-electron chi connectivity index (χ0n) is 16.3. The largest absolute Gasteiger partial charge is 0.467 e. The highest BCUT2D eigenvalue weighted by Gasteiger charge is 2.36. The quantitative estimate of drug-likeness (QED) is 0.599. The minimum atomic E-state index is -0.0998. The number of carbonyl (C=O) groups excluding carboxylic acids is 2. The van der Waals surface area contributed by atoms with Gasteiger partial charge in [0, 0.05) is 29.2 Å². The molecular weight excluding hydrogens is 436 g/mol. The molecular formula is C22H25BrN2O4. The second kappa shape index (κ2) is 9.13. The molecule has 2 aliphatic rings. The van der Waals surface area contributed by atoms with Crippen molar-refractivity contribution in [2.45, 2.75) is 44.4 Å². The number of carbonyl (C=O) groups is 2. The number of halogens is 1. The van der Waals surface area contributed by atoms with Crippen molar-refractivity contribution < 1.29 is 18.7 Å². The fraction of sp³-hybridized carbons (Fsp3) is 0.455. The Bertz CT molecular complexity index is 844. The van der Waals surface area contributed by atoms with E-state index < -0.39 is 0 Å². The van der Waals surface area contributed by atoms with Gasteiger partial charge in [-0.2, -0.15) is 0 Å². The maximum absolute atomic E-state index is 13.2. The number of hydrogen-bond donors (Lipinski definition) is 0. The molecule has 1 atom stereocenters. The fourth-order valence-electron chi connectivity index (χ4n) is 3.67. The number of hydrogen-bond acceptors (Lipinski definition) is 4. The number of benzene rings is 1. The summed E-state index contributed by atoms with van der Waals surface area (Å²) in [7, 11) is 0. The lowest BCUT2D eigenvalue weighted by Crippen LogP contribution is -2.45. The summed E-state index contributed by atoms with van der Waals surface area (Å²) in [5.74, 6) is 0.553. The molecule has 0 bridgehead atoms. The van der Waals surface area contributed by atoms with Crippen LogP contribution in [0.1, 0.15) is 41.8 Å². The van der Waals surface area contributed by atoms with Crippen molar-refractivity contribution >= 4 is 27.7 Å². The van der Waals surface area contributed by atoms with Crippen LogP contribution in [0.3, 0.4) is 0 Å². The molecule has 0 spiro atoms. The van der Waals surface area contributed by atoms with Crippen molar-refractivity contribution in [1.82, 2.24) is 9.80 Å². The molecule has 2 aromatic rings. The smallest absolute Gasteiger partial charge is 0.254 e. The second-order valence-corrected chi connectivity index (χ2v) is 8.58. The Morgan fingerprint density at radius 1 is 1.14 bits per heavy atom. The molecule has 29 heavy (non-hydrogen) atoms. The van der Waals surface area contributed by atoms with Gasteiger partial charge in [-0.15, -0.1) is 0 Å². The molecule has 1 saturated carbocycles. The molecule has 7 heteroatoms. The molecule has 1 aliphatic carbocycles. The third kappa shape index (κ3) is 5.28. The lowest BCUT2D eigenvalue weighted by Gasteiger charge is -2.29. The molecule has 1 aromatic heterocycles. The van der Waals surface area contributed by atoms with Crippen LogP contribution < -0.4 is 0 Å². The Labute approximate surface area is 178 Å². The van der Waals surface area contributed by atoms with Gasteiger partial charge in [-0.25, -0.2) is 0 Å². The van der Waals surface area contributed by atoms with Crippen LogP contribution in [0, 0.1) is 0 Å². The van der Waals surface area contributed by atoms with Crippen molar-refractivity contribution in [3.8, 4) is 0 Å². The van der Waals surface area contributed by atoms with Gasteiger partial charge in [-0.1, -0.05) is 22.0 Å². The number of ether oxygens (including phenoxy) is 1. The second-order valence-electron chi connectivity index (χ2n) is 7.66. The summed E-state index contributed by atoms with van der Waals surface area (Å²) in [6.07, 6.45) is 5.50. The fourth-order valence-corrected chi connectivity index (χ4v) is 4.06. The van der Waals surface area contributed by atoms with Gasteiger partial charge in [-0.05, 0) is 56.0 Å². The van der Waals surface area contributed by atoms with E-state index >= 15 is 0 Å². The first-order valence-corrected chi connectivity index (χ1v) is 10.9. The van der Waals surface area contributed by atoms with Crippen LogP contribution in [0.5, 0.6) is 0 Å². The van der Waals surface area contributed by atoms with E-state index in [1.54, 1.807) is 28.2 Å². The zero-order chi connectivity index (χ0) is 20.2. The minimum Gasteiger partial charge on any atom is -0.467 e. The number of furan rings is 1. The van der Waals surface area contributed by atoms with Gasteiger partial charge in [0.1, 0.15) is 12.3 Å². The minimum absolute atomic E-state index is 0.0454. The molecule has 2 amide bonds. The first kappa shape index (κ1) is 20.2. The molecule has 2 fully saturated rings. The lowest BCUT2D eigenvalue weighted by molar-refractivity contribution is -0.134. The van der Waals surface area contributed by atoms with Gasteiger partial charge in [0.25, 0.3) is 5.91 Å². The Balaban J connectivity index is 1.48. The van der Waals surface area contributed by atoms with Gasteiger partial charge < -0.3 is 19.0 Å². The monoisotopic (exact) mass is 460 g/mol. The maximum atomic E-state index is 13.2. The Morgan fingerprint density at radius 2 is 2.00 bits per heavy atom. The van der Waals surface area contributed by atoms with Crippen LogP contribution in [-0.2, 0) is 16.1 Å². The zero-order valence-corrected chi connectivity index (χ0v) is 17.8. The highest BCUT2D eigenvalue weighted by Crippen LogP contribution is 2.29. The summed E-state index contributed by atoms with van der Waals surface area (Å²) in [5, 5.41) is 0. The van der Waals surface area contributed by atoms with Crippen molar-refractivity contribution in [1.29, 1.82) is 0 Å². The summed E-state index contributed by atoms with van der Waals surface area (Å²) in [5.41, 5.74) is 0.593. The van der Waals surface area contributed by atoms with E-state index in [0.717, 1.165) is 42.5 Å². The molecule has 1 aliphatic heterocycles. The molecule has 1 saturated heterocycles. The van der Waals surface area contributed by atoms with Crippen molar-refractivity contribution in [3.63, 3.8) is 0 Å². The summed E-state index contributed by atoms with van der Waals surface area (Å²) in [6, 6.07) is 11.1. The van der Waals surface area contributed by atoms with E-state index in [2.05, 4.69) is 15.9 Å². The highest BCUT2D eigenvalue weighted by molar-refractivity contribution is 9.10. The Morgan fingerprint density at radius 3 is 2.66 bits per heavy atom. The van der Waals surface area contributed by atoms with E-state index in [4.69, 9.17) is 9.15 Å². The van der Waals surface area contributed by atoms with Crippen LogP contribution in [-0.4, -0.2) is 53.5 Å². The van der Waals surface area contributed by atoms with Gasteiger partial charge in [-0.3, -0.25) is 9.59 Å². The first-order valence-electron chi connectivity index (χ1n) is 10.1. The summed E-state index contributed by atoms with van der Waals surface area (Å²) in [6.45, 7) is 1.71. The SMILES string of the molecule is O=C(CN(C(=O)c1cccc(Br)c1)C1CC1)N(Cc1ccco1)CC1CCCO1. The Hall–Kier alpha value is -2.12. The molecule has 4 rings (SSSR count). The van der Waals surface area contributed by atoms with Crippen LogP contribution in [0.25, 0.3) is 0 Å². The standard InChI is InChI=1S/C22H25BrN2O4/c23-17-5-1-4-16(12-17)22(27)25(18-8-9-18)15-21(26)24(13-19-6-2-10-28-19)14-20-7-3-11-29-20/h1-2,4-6,10,12,18,20H,3,7-9,11,13-15H2. The summed E-state index contributed by atoms with van der Waals surface area (Å²) >= 11 is 3.42. The third-order valence-electron chi connectivity index (χ3n) is 5.35. The van der Waals surface area contributed by atoms with Gasteiger partial charge in [0.15, 0.2) is 0 Å². The highest BCUT2D eigenvalue weighted by atomic mass is 79.9. The van der Waals surface area contributed by atoms with E-state index in [0.29, 0.717) is 18.7 Å². The van der Waals surface area contributed by atoms with Gasteiger partial charge in [0.05, 0.1) is 18.9 Å². The van der Waals surface area contributed by atoms with Gasteiger partial charge in [0.2, 0.25) is 5.91 Å². The van der Waals surface area contributed by atoms with Crippen LogP contribution >= 0.6 is 15.9 Å². The average molecular weight is 461 g/mol. The van der Waals surface area contributed by atoms with Crippen molar-refractivity contribution in [2.75, 3.05) is 19.7 Å². The lowest BCUT2D eigenvalue weighted by atomic mass is 10.2. The van der Waals surface area contributed by atoms with E-state index in [-0.39, 0.29) is 30.5 Å². The normalized spacial score (nSPS) is 18.6. The number of rotatable bonds is 8. The van der Waals surface area contributed by atoms with E-state index in [1.807, 2.05) is 24.3 Å². The van der Waals surface area contributed by atoms with E-state index in [1.165, 1.54) is 0 Å². The summed E-state index contributed by atoms with van der Waals surface area (Å²) < 4.78 is 12.0. The molecule has 2 heterocycles. The average Bonchev–Trinajstić information content (AvgIpc) is 3.18. The van der Waals surface area contributed by atoms with Crippen molar-refractivity contribution in [3.05, 3.63) is 58.5 Å². The first-order chi connectivity index (χ1) is 14.1. The molecule has 6 nitrogen and oxygen atoms in total.